The van der Waals surface area contributed by atoms with Gasteiger partial charge in [-0.3, -0.25) is 4.57 Å². The molecule has 1 atom stereocenters. The molecule has 0 radical (unpaired) electrons. The Labute approximate surface area is 195 Å². The lowest BCUT2D eigenvalue weighted by molar-refractivity contribution is -0.152. The molecule has 0 saturated carbocycles. The van der Waals surface area contributed by atoms with E-state index < -0.39 is 25.6 Å². The first-order valence-electron chi connectivity index (χ1n) is 10.2. The molecule has 0 amide bonds. The van der Waals surface area contributed by atoms with E-state index in [0.29, 0.717) is 10.2 Å². The molecule has 0 aliphatic heterocycles. The smallest absolute Gasteiger partial charge is 0.362 e. The number of rotatable bonds is 13. The van der Waals surface area contributed by atoms with Crippen LogP contribution in [0.4, 0.5) is 0 Å². The molecule has 0 heterocycles. The molecule has 0 aromatic heterocycles. The van der Waals surface area contributed by atoms with E-state index in [9.17, 15) is 14.2 Å². The standard InChI is InChI=1S/C23H33O7PS/c1-15(2)22(24)27-13-19(28-23(25)16(3)4)14-32-21-12-10-9-11-20(21)31(26,29-17(5)6)30-18(7)8/h9-12,17-19H,1,3,13-14H2,2,4-8H3. The number of esters is 2. The highest BCUT2D eigenvalue weighted by atomic mass is 32.2. The Morgan fingerprint density at radius 1 is 0.969 bits per heavy atom. The van der Waals surface area contributed by atoms with Crippen LogP contribution < -0.4 is 5.30 Å². The van der Waals surface area contributed by atoms with Crippen molar-refractivity contribution in [2.75, 3.05) is 12.4 Å². The summed E-state index contributed by atoms with van der Waals surface area (Å²) >= 11 is 1.30. The largest absolute Gasteiger partial charge is 0.458 e. The van der Waals surface area contributed by atoms with Gasteiger partial charge in [0.05, 0.1) is 17.5 Å². The van der Waals surface area contributed by atoms with Gasteiger partial charge in [0, 0.05) is 21.8 Å². The number of hydrogen-bond acceptors (Lipinski definition) is 8. The summed E-state index contributed by atoms with van der Waals surface area (Å²) in [6, 6.07) is 7.05. The fraction of sp³-hybridized carbons (Fsp3) is 0.478. The molecule has 0 aliphatic carbocycles. The van der Waals surface area contributed by atoms with Crippen molar-refractivity contribution in [1.29, 1.82) is 0 Å². The third kappa shape index (κ3) is 9.33. The predicted octanol–water partition coefficient (Wildman–Crippen LogP) is 5.05. The quantitative estimate of drug-likeness (QED) is 0.166. The molecule has 9 heteroatoms. The summed E-state index contributed by atoms with van der Waals surface area (Å²) in [5.74, 6) is -0.928. The summed E-state index contributed by atoms with van der Waals surface area (Å²) < 4.78 is 35.7. The van der Waals surface area contributed by atoms with Gasteiger partial charge in [0.2, 0.25) is 0 Å². The number of benzene rings is 1. The van der Waals surface area contributed by atoms with Crippen molar-refractivity contribution in [3.05, 3.63) is 48.6 Å². The minimum Gasteiger partial charge on any atom is -0.458 e. The molecule has 0 spiro atoms. The SMILES string of the molecule is C=C(C)C(=O)OCC(CSc1ccccc1P(=O)(OC(C)C)OC(C)C)OC(=O)C(=C)C. The summed E-state index contributed by atoms with van der Waals surface area (Å²) in [6.45, 7) is 17.2. The molecule has 0 aliphatic rings. The summed E-state index contributed by atoms with van der Waals surface area (Å²) in [4.78, 5) is 24.5. The van der Waals surface area contributed by atoms with Crippen molar-refractivity contribution in [2.45, 2.75) is 64.7 Å². The van der Waals surface area contributed by atoms with Crippen LogP contribution in [-0.4, -0.2) is 42.6 Å². The molecule has 1 aromatic rings. The van der Waals surface area contributed by atoms with Gasteiger partial charge >= 0.3 is 19.5 Å². The molecule has 0 N–H and O–H groups in total. The first-order valence-corrected chi connectivity index (χ1v) is 12.8. The Bertz CT molecular complexity index is 865. The molecule has 178 valence electrons. The van der Waals surface area contributed by atoms with Gasteiger partial charge in [-0.25, -0.2) is 9.59 Å². The second kappa shape index (κ2) is 13.0. The van der Waals surface area contributed by atoms with Crippen molar-refractivity contribution in [2.24, 2.45) is 0 Å². The van der Waals surface area contributed by atoms with E-state index in [0.717, 1.165) is 0 Å². The van der Waals surface area contributed by atoms with E-state index in [-0.39, 0.29) is 35.7 Å². The van der Waals surface area contributed by atoms with Gasteiger partial charge in [-0.1, -0.05) is 25.3 Å². The van der Waals surface area contributed by atoms with Crippen molar-refractivity contribution < 1.29 is 32.7 Å². The number of carbonyl (C=O) groups is 2. The van der Waals surface area contributed by atoms with Crippen molar-refractivity contribution in [1.82, 2.24) is 0 Å². The molecule has 1 rings (SSSR count). The van der Waals surface area contributed by atoms with Gasteiger partial charge in [-0.05, 0) is 53.7 Å². The summed E-state index contributed by atoms with van der Waals surface area (Å²) in [6.07, 6.45) is -1.39. The van der Waals surface area contributed by atoms with Crippen LogP contribution in [0.3, 0.4) is 0 Å². The lowest BCUT2D eigenvalue weighted by Gasteiger charge is -2.25. The van der Waals surface area contributed by atoms with Crippen molar-refractivity contribution in [3.8, 4) is 0 Å². The minimum absolute atomic E-state index is 0.150. The van der Waals surface area contributed by atoms with Crippen LogP contribution in [-0.2, 0) is 32.7 Å². The Hall–Kier alpha value is -1.86. The van der Waals surface area contributed by atoms with Gasteiger partial charge in [0.15, 0.2) is 0 Å². The Kier molecular flexibility index (Phi) is 11.4. The molecule has 0 bridgehead atoms. The van der Waals surface area contributed by atoms with Crippen LogP contribution in [0, 0.1) is 0 Å². The average Bonchev–Trinajstić information content (AvgIpc) is 2.68. The maximum Gasteiger partial charge on any atom is 0.362 e. The minimum atomic E-state index is -3.61. The fourth-order valence-electron chi connectivity index (χ4n) is 2.34. The third-order valence-corrected chi connectivity index (χ3v) is 7.39. The fourth-order valence-corrected chi connectivity index (χ4v) is 5.79. The van der Waals surface area contributed by atoms with E-state index in [1.807, 2.05) is 0 Å². The molecule has 1 unspecified atom stereocenters. The highest BCUT2D eigenvalue weighted by Crippen LogP contribution is 2.51. The van der Waals surface area contributed by atoms with Gasteiger partial charge in [-0.15, -0.1) is 11.8 Å². The maximum absolute atomic E-state index is 13.6. The number of ether oxygens (including phenoxy) is 2. The molecule has 0 saturated heterocycles. The highest BCUT2D eigenvalue weighted by molar-refractivity contribution is 7.99. The van der Waals surface area contributed by atoms with E-state index in [1.165, 1.54) is 25.6 Å². The van der Waals surface area contributed by atoms with E-state index in [4.69, 9.17) is 18.5 Å². The van der Waals surface area contributed by atoms with Crippen LogP contribution in [0.5, 0.6) is 0 Å². The van der Waals surface area contributed by atoms with Gasteiger partial charge in [-0.2, -0.15) is 0 Å². The highest BCUT2D eigenvalue weighted by Gasteiger charge is 2.33. The first kappa shape index (κ1) is 28.2. The Balaban J connectivity index is 3.12. The topological polar surface area (TPSA) is 88.1 Å². The van der Waals surface area contributed by atoms with E-state index >= 15 is 0 Å². The van der Waals surface area contributed by atoms with Crippen LogP contribution in [0.1, 0.15) is 41.5 Å². The van der Waals surface area contributed by atoms with Crippen LogP contribution in [0.25, 0.3) is 0 Å². The zero-order valence-corrected chi connectivity index (χ0v) is 21.3. The molecule has 32 heavy (non-hydrogen) atoms. The zero-order chi connectivity index (χ0) is 24.5. The number of carbonyl (C=O) groups excluding carboxylic acids is 2. The van der Waals surface area contributed by atoms with E-state index in [1.54, 1.807) is 52.0 Å². The van der Waals surface area contributed by atoms with Crippen molar-refractivity contribution >= 4 is 36.6 Å². The lowest BCUT2D eigenvalue weighted by atomic mass is 10.3. The van der Waals surface area contributed by atoms with Crippen LogP contribution in [0.2, 0.25) is 0 Å². The maximum atomic E-state index is 13.6. The van der Waals surface area contributed by atoms with Crippen LogP contribution in [0.15, 0.2) is 53.5 Å². The molecule has 7 nitrogen and oxygen atoms in total. The molecular weight excluding hydrogens is 451 g/mol. The predicted molar refractivity (Wildman–Crippen MR) is 127 cm³/mol. The van der Waals surface area contributed by atoms with Gasteiger partial charge in [0.25, 0.3) is 0 Å². The van der Waals surface area contributed by atoms with Crippen LogP contribution >= 0.6 is 19.4 Å². The second-order valence-electron chi connectivity index (χ2n) is 7.77. The monoisotopic (exact) mass is 484 g/mol. The summed E-state index contributed by atoms with van der Waals surface area (Å²) in [7, 11) is -3.61. The zero-order valence-electron chi connectivity index (χ0n) is 19.6. The Morgan fingerprint density at radius 3 is 2.00 bits per heavy atom. The lowest BCUT2D eigenvalue weighted by Crippen LogP contribution is -2.28. The van der Waals surface area contributed by atoms with Gasteiger partial charge in [0.1, 0.15) is 12.7 Å². The third-order valence-electron chi connectivity index (χ3n) is 3.66. The molecule has 1 aromatic carbocycles. The van der Waals surface area contributed by atoms with Gasteiger partial charge < -0.3 is 18.5 Å². The number of thioether (sulfide) groups is 1. The second-order valence-corrected chi connectivity index (χ2v) is 10.7. The molecular formula is C23H33O7PS. The number of hydrogen-bond donors (Lipinski definition) is 0. The Morgan fingerprint density at radius 2 is 1.50 bits per heavy atom. The first-order chi connectivity index (χ1) is 14.9. The average molecular weight is 485 g/mol. The molecule has 0 fully saturated rings. The summed E-state index contributed by atoms with van der Waals surface area (Å²) in [5.41, 5.74) is 0.470. The normalized spacial score (nSPS) is 12.5. The summed E-state index contributed by atoms with van der Waals surface area (Å²) in [5, 5.41) is 0.427. The van der Waals surface area contributed by atoms with Crippen molar-refractivity contribution in [3.63, 3.8) is 0 Å². The van der Waals surface area contributed by atoms with E-state index in [2.05, 4.69) is 13.2 Å².